The van der Waals surface area contributed by atoms with Gasteiger partial charge in [0.15, 0.2) is 0 Å². The highest BCUT2D eigenvalue weighted by molar-refractivity contribution is 5.78. The summed E-state index contributed by atoms with van der Waals surface area (Å²) in [6.45, 7) is 2.21. The summed E-state index contributed by atoms with van der Waals surface area (Å²) in [5.74, 6) is 1.60. The molecule has 1 N–H and O–H groups in total. The highest BCUT2D eigenvalue weighted by Crippen LogP contribution is 2.34. The highest BCUT2D eigenvalue weighted by Gasteiger charge is 2.28. The van der Waals surface area contributed by atoms with E-state index in [1.807, 2.05) is 71.4 Å². The summed E-state index contributed by atoms with van der Waals surface area (Å²) in [7, 11) is 1.67. The van der Waals surface area contributed by atoms with Gasteiger partial charge in [0.2, 0.25) is 5.91 Å². The van der Waals surface area contributed by atoms with E-state index in [4.69, 9.17) is 9.47 Å². The lowest BCUT2D eigenvalue weighted by Gasteiger charge is -2.26. The minimum Gasteiger partial charge on any atom is -0.496 e. The van der Waals surface area contributed by atoms with Crippen LogP contribution in [0.2, 0.25) is 0 Å². The standard InChI is InChI=1S/C30H32N4O3/c1-36-28-14-8-6-12-25(28)29-20-34(19-24-11-5-7-13-27(24)37-29)21-30(35)32-26(23-9-3-2-4-10-23)15-17-33-18-16-31-22-33/h2-14,16,18,22,26,29H,15,17,19-21H2,1H3,(H,32,35)/t26-,29+/m1/s1. The maximum atomic E-state index is 13.4. The first-order chi connectivity index (χ1) is 18.2. The SMILES string of the molecule is COc1ccccc1[C@@H]1CN(CC(=O)N[C@H](CCn2ccnc2)c2ccccc2)Cc2ccccc2O1. The normalized spacial score (nSPS) is 16.2. The fourth-order valence-corrected chi connectivity index (χ4v) is 4.84. The molecule has 7 nitrogen and oxygen atoms in total. The molecule has 0 saturated heterocycles. The third kappa shape index (κ3) is 6.19. The molecule has 0 bridgehead atoms. The van der Waals surface area contributed by atoms with E-state index in [1.165, 1.54) is 0 Å². The molecule has 1 amide bonds. The fourth-order valence-electron chi connectivity index (χ4n) is 4.84. The van der Waals surface area contributed by atoms with E-state index >= 15 is 0 Å². The van der Waals surface area contributed by atoms with Gasteiger partial charge in [-0.15, -0.1) is 0 Å². The van der Waals surface area contributed by atoms with Gasteiger partial charge in [-0.05, 0) is 24.1 Å². The van der Waals surface area contributed by atoms with Crippen molar-refractivity contribution in [3.05, 3.63) is 114 Å². The molecular formula is C30H32N4O3. The summed E-state index contributed by atoms with van der Waals surface area (Å²) in [5, 5.41) is 3.28. The Morgan fingerprint density at radius 1 is 1.08 bits per heavy atom. The van der Waals surface area contributed by atoms with Crippen LogP contribution in [0.1, 0.15) is 35.3 Å². The van der Waals surface area contributed by atoms with E-state index in [0.29, 0.717) is 13.1 Å². The van der Waals surface area contributed by atoms with Crippen LogP contribution in [0.4, 0.5) is 0 Å². The number of benzene rings is 3. The Hall–Kier alpha value is -4.10. The highest BCUT2D eigenvalue weighted by atomic mass is 16.5. The number of para-hydroxylation sites is 2. The number of methoxy groups -OCH3 is 1. The third-order valence-corrected chi connectivity index (χ3v) is 6.69. The predicted molar refractivity (Wildman–Crippen MR) is 142 cm³/mol. The number of nitrogens with one attached hydrogen (secondary N) is 1. The maximum absolute atomic E-state index is 13.4. The third-order valence-electron chi connectivity index (χ3n) is 6.69. The molecule has 37 heavy (non-hydrogen) atoms. The first kappa shape index (κ1) is 24.6. The van der Waals surface area contributed by atoms with Gasteiger partial charge in [0.25, 0.3) is 0 Å². The largest absolute Gasteiger partial charge is 0.496 e. The van der Waals surface area contributed by atoms with Crippen LogP contribution in [0.25, 0.3) is 0 Å². The van der Waals surface area contributed by atoms with Crippen LogP contribution in [0.15, 0.2) is 97.6 Å². The molecule has 2 atom stereocenters. The molecule has 5 rings (SSSR count). The number of ether oxygens (including phenoxy) is 2. The number of aromatic nitrogens is 2. The number of carbonyl (C=O) groups excluding carboxylic acids is 1. The number of fused-ring (bicyclic) bond motifs is 1. The second-order valence-electron chi connectivity index (χ2n) is 9.25. The summed E-state index contributed by atoms with van der Waals surface area (Å²) in [4.78, 5) is 19.7. The average Bonchev–Trinajstić information content (AvgIpc) is 3.39. The van der Waals surface area contributed by atoms with Crippen molar-refractivity contribution < 1.29 is 14.3 Å². The van der Waals surface area contributed by atoms with Crippen molar-refractivity contribution in [2.75, 3.05) is 20.2 Å². The minimum absolute atomic E-state index is 0.0161. The molecule has 3 aromatic carbocycles. The van der Waals surface area contributed by atoms with Crippen LogP contribution >= 0.6 is 0 Å². The predicted octanol–water partition coefficient (Wildman–Crippen LogP) is 4.78. The number of imidazole rings is 1. The Kier molecular flexibility index (Phi) is 7.81. The van der Waals surface area contributed by atoms with E-state index in [-0.39, 0.29) is 24.6 Å². The van der Waals surface area contributed by atoms with Crippen molar-refractivity contribution in [1.82, 2.24) is 19.8 Å². The van der Waals surface area contributed by atoms with Crippen LogP contribution in [0, 0.1) is 0 Å². The van der Waals surface area contributed by atoms with Gasteiger partial charge in [0.1, 0.15) is 17.6 Å². The maximum Gasteiger partial charge on any atom is 0.234 e. The van der Waals surface area contributed by atoms with E-state index in [0.717, 1.165) is 41.2 Å². The fraction of sp³-hybridized carbons (Fsp3) is 0.267. The Morgan fingerprint density at radius 2 is 1.86 bits per heavy atom. The van der Waals surface area contributed by atoms with Gasteiger partial charge in [0.05, 0.1) is 26.0 Å². The average molecular weight is 497 g/mol. The molecule has 7 heteroatoms. The molecule has 0 spiro atoms. The molecule has 0 fully saturated rings. The lowest BCUT2D eigenvalue weighted by Crippen LogP contribution is -2.40. The van der Waals surface area contributed by atoms with Gasteiger partial charge in [-0.2, -0.15) is 0 Å². The van der Waals surface area contributed by atoms with Crippen molar-refractivity contribution in [2.45, 2.75) is 31.7 Å². The topological polar surface area (TPSA) is 68.6 Å². The van der Waals surface area contributed by atoms with E-state index in [1.54, 1.807) is 19.6 Å². The van der Waals surface area contributed by atoms with Crippen LogP contribution < -0.4 is 14.8 Å². The van der Waals surface area contributed by atoms with Gasteiger partial charge < -0.3 is 19.4 Å². The lowest BCUT2D eigenvalue weighted by molar-refractivity contribution is -0.123. The Balaban J connectivity index is 1.33. The zero-order valence-electron chi connectivity index (χ0n) is 21.0. The summed E-state index contributed by atoms with van der Waals surface area (Å²) in [6.07, 6.45) is 6.02. The zero-order chi connectivity index (χ0) is 25.5. The number of aryl methyl sites for hydroxylation is 1. The Morgan fingerprint density at radius 3 is 2.68 bits per heavy atom. The Labute approximate surface area is 217 Å². The molecule has 0 aliphatic carbocycles. The lowest BCUT2D eigenvalue weighted by atomic mass is 10.0. The number of carbonyl (C=O) groups is 1. The first-order valence-electron chi connectivity index (χ1n) is 12.6. The molecule has 0 saturated carbocycles. The molecule has 2 heterocycles. The van der Waals surface area contributed by atoms with Gasteiger partial charge in [0, 0.05) is 43.2 Å². The molecule has 1 aliphatic heterocycles. The van der Waals surface area contributed by atoms with Crippen LogP contribution in [-0.2, 0) is 17.9 Å². The molecule has 0 unspecified atom stereocenters. The molecule has 0 radical (unpaired) electrons. The number of hydrogen-bond donors (Lipinski definition) is 1. The van der Waals surface area contributed by atoms with Gasteiger partial charge in [-0.1, -0.05) is 66.7 Å². The van der Waals surface area contributed by atoms with Crippen molar-refractivity contribution >= 4 is 5.91 Å². The summed E-state index contributed by atoms with van der Waals surface area (Å²) in [5.41, 5.74) is 3.12. The smallest absolute Gasteiger partial charge is 0.234 e. The van der Waals surface area contributed by atoms with Crippen molar-refractivity contribution in [3.8, 4) is 11.5 Å². The molecule has 1 aliphatic rings. The number of amides is 1. The second kappa shape index (κ2) is 11.8. The quantitative estimate of drug-likeness (QED) is 0.361. The molecule has 4 aromatic rings. The van der Waals surface area contributed by atoms with Crippen LogP contribution in [-0.4, -0.2) is 40.6 Å². The molecule has 190 valence electrons. The monoisotopic (exact) mass is 496 g/mol. The number of hydrogen-bond acceptors (Lipinski definition) is 5. The molecule has 1 aromatic heterocycles. The first-order valence-corrected chi connectivity index (χ1v) is 12.6. The second-order valence-corrected chi connectivity index (χ2v) is 9.25. The summed E-state index contributed by atoms with van der Waals surface area (Å²) < 4.78 is 14.1. The number of rotatable bonds is 9. The van der Waals surface area contributed by atoms with E-state index < -0.39 is 0 Å². The summed E-state index contributed by atoms with van der Waals surface area (Å²) in [6, 6.07) is 26.0. The van der Waals surface area contributed by atoms with Gasteiger partial charge in [-0.3, -0.25) is 9.69 Å². The minimum atomic E-state index is -0.265. The van der Waals surface area contributed by atoms with Crippen LogP contribution in [0.5, 0.6) is 11.5 Å². The van der Waals surface area contributed by atoms with Crippen molar-refractivity contribution in [3.63, 3.8) is 0 Å². The van der Waals surface area contributed by atoms with E-state index in [9.17, 15) is 4.79 Å². The molecular weight excluding hydrogens is 464 g/mol. The van der Waals surface area contributed by atoms with Gasteiger partial charge in [-0.25, -0.2) is 4.98 Å². The van der Waals surface area contributed by atoms with Crippen molar-refractivity contribution in [2.24, 2.45) is 0 Å². The number of nitrogens with zero attached hydrogens (tertiary/aromatic N) is 3. The van der Waals surface area contributed by atoms with Crippen molar-refractivity contribution in [1.29, 1.82) is 0 Å². The summed E-state index contributed by atoms with van der Waals surface area (Å²) >= 11 is 0. The zero-order valence-corrected chi connectivity index (χ0v) is 21.0. The van der Waals surface area contributed by atoms with Gasteiger partial charge >= 0.3 is 0 Å². The van der Waals surface area contributed by atoms with E-state index in [2.05, 4.69) is 33.4 Å². The Bertz CT molecular complexity index is 1290. The van der Waals surface area contributed by atoms with Crippen LogP contribution in [0.3, 0.4) is 0 Å².